The Labute approximate surface area is 93.0 Å². The highest BCUT2D eigenvalue weighted by Gasteiger charge is 2.25. The van der Waals surface area contributed by atoms with E-state index in [0.29, 0.717) is 0 Å². The Kier molecular flexibility index (Phi) is 4.88. The topological polar surface area (TPSA) is 58.6 Å². The zero-order valence-electron chi connectivity index (χ0n) is 8.89. The van der Waals surface area contributed by atoms with Gasteiger partial charge in [0.1, 0.15) is 6.61 Å². The lowest BCUT2D eigenvalue weighted by atomic mass is 10.2. The zero-order chi connectivity index (χ0) is 12.0. The van der Waals surface area contributed by atoms with Crippen molar-refractivity contribution < 1.29 is 19.1 Å². The number of carbonyl (C=O) groups excluding carboxylic acids is 1. The standard InChI is InChI=1S/C11H14FNO3/c1-8(14)10(13-12)11(15)16-7-9-5-3-2-4-6-9/h2-6,8,10,13-14H,7H2,1H3/t8-,10+/m1/s1. The van der Waals surface area contributed by atoms with E-state index in [0.717, 1.165) is 5.56 Å². The van der Waals surface area contributed by atoms with Gasteiger partial charge in [-0.1, -0.05) is 30.3 Å². The predicted octanol–water partition coefficient (Wildman–Crippen LogP) is 0.953. The van der Waals surface area contributed by atoms with Crippen LogP contribution in [0, 0.1) is 0 Å². The summed E-state index contributed by atoms with van der Waals surface area (Å²) in [7, 11) is 0. The Morgan fingerprint density at radius 2 is 2.12 bits per heavy atom. The molecule has 0 amide bonds. The number of hydrogen-bond donors (Lipinski definition) is 2. The molecular formula is C11H14FNO3. The van der Waals surface area contributed by atoms with Crippen LogP contribution >= 0.6 is 0 Å². The highest BCUT2D eigenvalue weighted by molar-refractivity contribution is 5.76. The van der Waals surface area contributed by atoms with Crippen LogP contribution in [0.4, 0.5) is 4.48 Å². The molecule has 0 aliphatic heterocycles. The predicted molar refractivity (Wildman–Crippen MR) is 56.0 cm³/mol. The van der Waals surface area contributed by atoms with Crippen LogP contribution in [0.3, 0.4) is 0 Å². The molecule has 0 bridgehead atoms. The Morgan fingerprint density at radius 1 is 1.50 bits per heavy atom. The smallest absolute Gasteiger partial charge is 0.328 e. The molecule has 0 radical (unpaired) electrons. The lowest BCUT2D eigenvalue weighted by Gasteiger charge is -2.15. The lowest BCUT2D eigenvalue weighted by molar-refractivity contribution is -0.152. The summed E-state index contributed by atoms with van der Waals surface area (Å²) in [6.07, 6.45) is -1.15. The van der Waals surface area contributed by atoms with Crippen LogP contribution in [-0.2, 0) is 16.1 Å². The maximum atomic E-state index is 12.2. The number of hydrogen-bond acceptors (Lipinski definition) is 4. The van der Waals surface area contributed by atoms with Crippen molar-refractivity contribution in [2.24, 2.45) is 0 Å². The molecule has 0 saturated heterocycles. The third kappa shape index (κ3) is 3.60. The second-order valence-electron chi connectivity index (χ2n) is 3.42. The molecule has 0 spiro atoms. The molecule has 0 unspecified atom stereocenters. The minimum atomic E-state index is -1.34. The first-order valence-corrected chi connectivity index (χ1v) is 4.90. The van der Waals surface area contributed by atoms with Crippen molar-refractivity contribution in [3.05, 3.63) is 35.9 Å². The van der Waals surface area contributed by atoms with Gasteiger partial charge in [-0.05, 0) is 12.5 Å². The number of nitrogens with one attached hydrogen (secondary N) is 1. The third-order valence-electron chi connectivity index (χ3n) is 2.08. The number of halogens is 1. The van der Waals surface area contributed by atoms with E-state index in [1.165, 1.54) is 12.5 Å². The van der Waals surface area contributed by atoms with Crippen LogP contribution in [0.5, 0.6) is 0 Å². The van der Waals surface area contributed by atoms with Crippen molar-refractivity contribution in [2.75, 3.05) is 0 Å². The molecule has 0 aromatic heterocycles. The molecule has 0 aliphatic rings. The first-order valence-electron chi connectivity index (χ1n) is 4.90. The van der Waals surface area contributed by atoms with Crippen molar-refractivity contribution in [3.8, 4) is 0 Å². The van der Waals surface area contributed by atoms with Crippen molar-refractivity contribution in [1.29, 1.82) is 0 Å². The Hall–Kier alpha value is -1.46. The van der Waals surface area contributed by atoms with Gasteiger partial charge in [-0.2, -0.15) is 0 Å². The van der Waals surface area contributed by atoms with E-state index in [-0.39, 0.29) is 6.61 Å². The summed E-state index contributed by atoms with van der Waals surface area (Å²) < 4.78 is 17.0. The molecule has 2 atom stereocenters. The maximum absolute atomic E-state index is 12.2. The van der Waals surface area contributed by atoms with E-state index >= 15 is 0 Å². The zero-order valence-corrected chi connectivity index (χ0v) is 8.89. The molecule has 0 aliphatic carbocycles. The molecule has 0 saturated carbocycles. The number of aliphatic hydroxyl groups excluding tert-OH is 1. The number of benzene rings is 1. The van der Waals surface area contributed by atoms with Gasteiger partial charge in [0.25, 0.3) is 0 Å². The molecule has 1 aromatic rings. The highest BCUT2D eigenvalue weighted by atomic mass is 19.2. The monoisotopic (exact) mass is 227 g/mol. The van der Waals surface area contributed by atoms with Gasteiger partial charge >= 0.3 is 5.97 Å². The largest absolute Gasteiger partial charge is 0.460 e. The summed E-state index contributed by atoms with van der Waals surface area (Å²) in [5, 5.41) is 9.08. The molecule has 88 valence electrons. The van der Waals surface area contributed by atoms with Gasteiger partial charge in [0.15, 0.2) is 6.04 Å². The summed E-state index contributed by atoms with van der Waals surface area (Å²) in [5.74, 6) is -0.818. The van der Waals surface area contributed by atoms with Crippen molar-refractivity contribution in [3.63, 3.8) is 0 Å². The second-order valence-corrected chi connectivity index (χ2v) is 3.42. The van der Waals surface area contributed by atoms with Gasteiger partial charge in [0.2, 0.25) is 0 Å². The minimum Gasteiger partial charge on any atom is -0.460 e. The second kappa shape index (κ2) is 6.19. The summed E-state index contributed by atoms with van der Waals surface area (Å²) in [4.78, 5) is 11.3. The molecule has 5 heteroatoms. The van der Waals surface area contributed by atoms with Crippen molar-refractivity contribution >= 4 is 5.97 Å². The number of rotatable bonds is 5. The summed E-state index contributed by atoms with van der Waals surface area (Å²) in [5.41, 5.74) is 2.02. The fraction of sp³-hybridized carbons (Fsp3) is 0.364. The Morgan fingerprint density at radius 3 is 2.62 bits per heavy atom. The highest BCUT2D eigenvalue weighted by Crippen LogP contribution is 2.03. The maximum Gasteiger partial charge on any atom is 0.328 e. The van der Waals surface area contributed by atoms with Gasteiger partial charge in [-0.25, -0.2) is 0 Å². The average molecular weight is 227 g/mol. The third-order valence-corrected chi connectivity index (χ3v) is 2.08. The Balaban J connectivity index is 2.46. The molecule has 0 fully saturated rings. The molecule has 0 heterocycles. The summed E-state index contributed by atoms with van der Waals surface area (Å²) in [6.45, 7) is 1.37. The fourth-order valence-corrected chi connectivity index (χ4v) is 1.15. The van der Waals surface area contributed by atoms with Gasteiger partial charge in [-0.15, -0.1) is 10.0 Å². The quantitative estimate of drug-likeness (QED) is 0.581. The van der Waals surface area contributed by atoms with Crippen LogP contribution in [0.25, 0.3) is 0 Å². The van der Waals surface area contributed by atoms with Crippen LogP contribution < -0.4 is 5.54 Å². The van der Waals surface area contributed by atoms with Gasteiger partial charge < -0.3 is 9.84 Å². The van der Waals surface area contributed by atoms with E-state index in [2.05, 4.69) is 0 Å². The van der Waals surface area contributed by atoms with Crippen molar-refractivity contribution in [1.82, 2.24) is 5.54 Å². The normalized spacial score (nSPS) is 14.2. The molecule has 4 nitrogen and oxygen atoms in total. The van der Waals surface area contributed by atoms with Crippen molar-refractivity contribution in [2.45, 2.75) is 25.7 Å². The average Bonchev–Trinajstić information content (AvgIpc) is 2.28. The molecule has 16 heavy (non-hydrogen) atoms. The van der Waals surface area contributed by atoms with Crippen LogP contribution in [0.15, 0.2) is 30.3 Å². The summed E-state index contributed by atoms with van der Waals surface area (Å²) >= 11 is 0. The first-order chi connectivity index (χ1) is 7.65. The van der Waals surface area contributed by atoms with Gasteiger partial charge in [0, 0.05) is 0 Å². The van der Waals surface area contributed by atoms with Gasteiger partial charge in [-0.3, -0.25) is 4.79 Å². The van der Waals surface area contributed by atoms with E-state index in [4.69, 9.17) is 9.84 Å². The minimum absolute atomic E-state index is 0.0601. The van der Waals surface area contributed by atoms with Crippen LogP contribution in [0.1, 0.15) is 12.5 Å². The number of ether oxygens (including phenoxy) is 1. The number of esters is 1. The fourth-order valence-electron chi connectivity index (χ4n) is 1.15. The lowest BCUT2D eigenvalue weighted by Crippen LogP contribution is -2.42. The van der Waals surface area contributed by atoms with E-state index in [9.17, 15) is 9.28 Å². The Bertz CT molecular complexity index is 329. The molecule has 1 rings (SSSR count). The van der Waals surface area contributed by atoms with E-state index in [1.54, 1.807) is 12.1 Å². The van der Waals surface area contributed by atoms with E-state index in [1.807, 2.05) is 18.2 Å². The molecule has 1 aromatic carbocycles. The number of aliphatic hydroxyl groups is 1. The van der Waals surface area contributed by atoms with Crippen LogP contribution in [-0.4, -0.2) is 23.2 Å². The molecular weight excluding hydrogens is 213 g/mol. The van der Waals surface area contributed by atoms with Crippen LogP contribution in [0.2, 0.25) is 0 Å². The SMILES string of the molecule is C[C@@H](O)[C@H](NF)C(=O)OCc1ccccc1. The number of carbonyl (C=O) groups is 1. The summed E-state index contributed by atoms with van der Waals surface area (Å²) in [6, 6.07) is 7.68. The van der Waals surface area contributed by atoms with E-state index < -0.39 is 18.1 Å². The first kappa shape index (κ1) is 12.6. The van der Waals surface area contributed by atoms with Gasteiger partial charge in [0.05, 0.1) is 6.10 Å². The molecule has 2 N–H and O–H groups in total.